The third-order valence-corrected chi connectivity index (χ3v) is 3.51. The summed E-state index contributed by atoms with van der Waals surface area (Å²) in [6, 6.07) is 0. The van der Waals surface area contributed by atoms with E-state index in [1.54, 1.807) is 0 Å². The average Bonchev–Trinajstić information content (AvgIpc) is 2.30. The third kappa shape index (κ3) is 7.34. The number of nitrogens with one attached hydrogen (secondary N) is 1. The quantitative estimate of drug-likeness (QED) is 0.708. The Bertz CT molecular complexity index is 205. The number of nitrogens with zero attached hydrogens (tertiary/aromatic N) is 1. The first-order valence-electron chi connectivity index (χ1n) is 7.58. The topological polar surface area (TPSA) is 24.5 Å². The van der Waals surface area contributed by atoms with Crippen molar-refractivity contribution in [1.29, 1.82) is 0 Å². The van der Waals surface area contributed by atoms with Crippen LogP contribution in [0, 0.1) is 5.92 Å². The van der Waals surface area contributed by atoms with Gasteiger partial charge in [-0.2, -0.15) is 0 Å². The van der Waals surface area contributed by atoms with Gasteiger partial charge in [0.1, 0.15) is 0 Å². The molecule has 3 heteroatoms. The number of ether oxygens (including phenoxy) is 1. The first-order valence-corrected chi connectivity index (χ1v) is 7.58. The van der Waals surface area contributed by atoms with Crippen LogP contribution in [0.3, 0.4) is 0 Å². The molecule has 1 heterocycles. The van der Waals surface area contributed by atoms with Crippen molar-refractivity contribution in [3.05, 3.63) is 0 Å². The van der Waals surface area contributed by atoms with Crippen LogP contribution in [0.4, 0.5) is 0 Å². The lowest BCUT2D eigenvalue weighted by Crippen LogP contribution is -2.39. The molecule has 1 rings (SSSR count). The van der Waals surface area contributed by atoms with E-state index in [0.717, 1.165) is 19.1 Å². The van der Waals surface area contributed by atoms with E-state index in [4.69, 9.17) is 4.74 Å². The summed E-state index contributed by atoms with van der Waals surface area (Å²) in [6.07, 6.45) is 3.92. The lowest BCUT2D eigenvalue weighted by atomic mass is 9.97. The van der Waals surface area contributed by atoms with E-state index in [1.165, 1.54) is 45.4 Å². The van der Waals surface area contributed by atoms with Crippen LogP contribution in [0.5, 0.6) is 0 Å². The van der Waals surface area contributed by atoms with Crippen LogP contribution in [0.1, 0.15) is 47.0 Å². The highest BCUT2D eigenvalue weighted by molar-refractivity contribution is 4.74. The summed E-state index contributed by atoms with van der Waals surface area (Å²) in [7, 11) is 0. The highest BCUT2D eigenvalue weighted by atomic mass is 16.5. The zero-order chi connectivity index (χ0) is 13.4. The van der Waals surface area contributed by atoms with E-state index in [0.29, 0.717) is 0 Å². The Balaban J connectivity index is 2.04. The van der Waals surface area contributed by atoms with Gasteiger partial charge in [-0.1, -0.05) is 6.92 Å². The van der Waals surface area contributed by atoms with Gasteiger partial charge in [0.05, 0.1) is 12.2 Å². The van der Waals surface area contributed by atoms with E-state index in [2.05, 4.69) is 37.9 Å². The van der Waals surface area contributed by atoms with Gasteiger partial charge in [-0.15, -0.1) is 0 Å². The second-order valence-corrected chi connectivity index (χ2v) is 6.45. The highest BCUT2D eigenvalue weighted by Crippen LogP contribution is 2.16. The van der Waals surface area contributed by atoms with Crippen molar-refractivity contribution in [1.82, 2.24) is 10.2 Å². The van der Waals surface area contributed by atoms with Gasteiger partial charge < -0.3 is 15.0 Å². The minimum absolute atomic E-state index is 0.00238. The smallest absolute Gasteiger partial charge is 0.0600 e. The van der Waals surface area contributed by atoms with Crippen molar-refractivity contribution in [3.63, 3.8) is 0 Å². The molecule has 1 saturated heterocycles. The second kappa shape index (κ2) is 8.13. The van der Waals surface area contributed by atoms with Crippen LogP contribution in [0.15, 0.2) is 0 Å². The zero-order valence-corrected chi connectivity index (χ0v) is 12.8. The van der Waals surface area contributed by atoms with Crippen molar-refractivity contribution >= 4 is 0 Å². The van der Waals surface area contributed by atoms with Crippen molar-refractivity contribution in [2.24, 2.45) is 5.92 Å². The largest absolute Gasteiger partial charge is 0.375 e. The molecule has 3 nitrogen and oxygen atoms in total. The molecule has 0 bridgehead atoms. The minimum atomic E-state index is 0.00238. The van der Waals surface area contributed by atoms with Gasteiger partial charge >= 0.3 is 0 Å². The monoisotopic (exact) mass is 256 g/mol. The number of piperidine rings is 1. The van der Waals surface area contributed by atoms with Crippen molar-refractivity contribution in [2.45, 2.75) is 52.6 Å². The SMILES string of the molecule is CCCNCC1CCN(CCOC(C)(C)C)CC1. The standard InChI is InChI=1S/C15H32N2O/c1-5-8-16-13-14-6-9-17(10-7-14)11-12-18-15(2,3)4/h14,16H,5-13H2,1-4H3. The van der Waals surface area contributed by atoms with Crippen molar-refractivity contribution < 1.29 is 4.74 Å². The Kier molecular flexibility index (Phi) is 7.20. The van der Waals surface area contributed by atoms with Gasteiger partial charge in [-0.05, 0) is 72.1 Å². The first kappa shape index (κ1) is 15.9. The molecular formula is C15H32N2O. The minimum Gasteiger partial charge on any atom is -0.375 e. The van der Waals surface area contributed by atoms with Gasteiger partial charge in [0, 0.05) is 6.54 Å². The molecule has 0 atom stereocenters. The van der Waals surface area contributed by atoms with E-state index >= 15 is 0 Å². The normalized spacial score (nSPS) is 19.3. The predicted octanol–water partition coefficient (Wildman–Crippen LogP) is 2.51. The Labute approximate surface area is 113 Å². The predicted molar refractivity (Wildman–Crippen MR) is 78.0 cm³/mol. The summed E-state index contributed by atoms with van der Waals surface area (Å²) in [5.74, 6) is 0.885. The van der Waals surface area contributed by atoms with Gasteiger partial charge in [0.15, 0.2) is 0 Å². The lowest BCUT2D eigenvalue weighted by molar-refractivity contribution is -0.0161. The van der Waals surface area contributed by atoms with Crippen LogP contribution < -0.4 is 5.32 Å². The maximum absolute atomic E-state index is 5.78. The van der Waals surface area contributed by atoms with Crippen LogP contribution in [-0.2, 0) is 4.74 Å². The Hall–Kier alpha value is -0.120. The summed E-state index contributed by atoms with van der Waals surface area (Å²) in [4.78, 5) is 2.54. The van der Waals surface area contributed by atoms with E-state index in [9.17, 15) is 0 Å². The molecule has 1 aliphatic heterocycles. The summed E-state index contributed by atoms with van der Waals surface area (Å²) in [5, 5.41) is 3.54. The van der Waals surface area contributed by atoms with Gasteiger partial charge in [0.25, 0.3) is 0 Å². The molecule has 1 aliphatic rings. The van der Waals surface area contributed by atoms with Gasteiger partial charge in [0.2, 0.25) is 0 Å². The number of rotatable bonds is 7. The van der Waals surface area contributed by atoms with Crippen LogP contribution in [-0.4, -0.2) is 49.8 Å². The molecule has 0 saturated carbocycles. The molecule has 18 heavy (non-hydrogen) atoms. The molecule has 0 spiro atoms. The molecule has 1 fully saturated rings. The van der Waals surface area contributed by atoms with Crippen molar-refractivity contribution in [3.8, 4) is 0 Å². The molecule has 0 aliphatic carbocycles. The second-order valence-electron chi connectivity index (χ2n) is 6.45. The highest BCUT2D eigenvalue weighted by Gasteiger charge is 2.19. The Morgan fingerprint density at radius 1 is 1.22 bits per heavy atom. The third-order valence-electron chi connectivity index (χ3n) is 3.51. The van der Waals surface area contributed by atoms with Gasteiger partial charge in [-0.25, -0.2) is 0 Å². The number of hydrogen-bond acceptors (Lipinski definition) is 3. The average molecular weight is 256 g/mol. The molecule has 108 valence electrons. The first-order chi connectivity index (χ1) is 8.51. The molecule has 0 aromatic carbocycles. The maximum atomic E-state index is 5.78. The Morgan fingerprint density at radius 3 is 2.44 bits per heavy atom. The fourth-order valence-electron chi connectivity index (χ4n) is 2.38. The van der Waals surface area contributed by atoms with Crippen LogP contribution in [0.25, 0.3) is 0 Å². The summed E-state index contributed by atoms with van der Waals surface area (Å²) < 4.78 is 5.78. The van der Waals surface area contributed by atoms with Gasteiger partial charge in [-0.3, -0.25) is 0 Å². The van der Waals surface area contributed by atoms with Crippen molar-refractivity contribution in [2.75, 3.05) is 39.3 Å². The fourth-order valence-corrected chi connectivity index (χ4v) is 2.38. The lowest BCUT2D eigenvalue weighted by Gasteiger charge is -2.32. The molecule has 0 aromatic heterocycles. The summed E-state index contributed by atoms with van der Waals surface area (Å²) in [6.45, 7) is 15.4. The Morgan fingerprint density at radius 2 is 1.89 bits per heavy atom. The molecule has 0 radical (unpaired) electrons. The van der Waals surface area contributed by atoms with E-state index in [1.807, 2.05) is 0 Å². The number of likely N-dealkylation sites (tertiary alicyclic amines) is 1. The van der Waals surface area contributed by atoms with Crippen LogP contribution in [0.2, 0.25) is 0 Å². The maximum Gasteiger partial charge on any atom is 0.0600 e. The molecule has 1 N–H and O–H groups in total. The molecule has 0 amide bonds. The fraction of sp³-hybridized carbons (Fsp3) is 1.00. The molecule has 0 aromatic rings. The van der Waals surface area contributed by atoms with E-state index < -0.39 is 0 Å². The summed E-state index contributed by atoms with van der Waals surface area (Å²) >= 11 is 0. The van der Waals surface area contributed by atoms with Crippen LogP contribution >= 0.6 is 0 Å². The molecular weight excluding hydrogens is 224 g/mol. The number of hydrogen-bond donors (Lipinski definition) is 1. The zero-order valence-electron chi connectivity index (χ0n) is 12.8. The molecule has 0 unspecified atom stereocenters. The summed E-state index contributed by atoms with van der Waals surface area (Å²) in [5.41, 5.74) is 0.00238. The van der Waals surface area contributed by atoms with E-state index in [-0.39, 0.29) is 5.60 Å².